The third kappa shape index (κ3) is 3.37. The summed E-state index contributed by atoms with van der Waals surface area (Å²) in [5, 5.41) is 1.72. The van der Waals surface area contributed by atoms with Gasteiger partial charge in [-0.25, -0.2) is 4.98 Å². The zero-order valence-electron chi connectivity index (χ0n) is 12.5. The molecule has 0 aliphatic carbocycles. The Morgan fingerprint density at radius 2 is 2.00 bits per heavy atom. The first kappa shape index (κ1) is 15.0. The SMILES string of the molecule is COc1ccc2cc(CSC(C)C(C)C)c(N)nc2c1. The second kappa shape index (κ2) is 6.35. The van der Waals surface area contributed by atoms with Crippen molar-refractivity contribution in [2.24, 2.45) is 5.92 Å². The fourth-order valence-corrected chi connectivity index (χ4v) is 2.92. The van der Waals surface area contributed by atoms with E-state index in [4.69, 9.17) is 10.5 Å². The Morgan fingerprint density at radius 3 is 2.65 bits per heavy atom. The highest BCUT2D eigenvalue weighted by Gasteiger charge is 2.10. The molecule has 20 heavy (non-hydrogen) atoms. The maximum Gasteiger partial charge on any atom is 0.128 e. The number of anilines is 1. The predicted molar refractivity (Wildman–Crippen MR) is 88.3 cm³/mol. The lowest BCUT2D eigenvalue weighted by atomic mass is 10.1. The van der Waals surface area contributed by atoms with Crippen molar-refractivity contribution >= 4 is 28.5 Å². The van der Waals surface area contributed by atoms with Gasteiger partial charge >= 0.3 is 0 Å². The maximum atomic E-state index is 6.08. The van der Waals surface area contributed by atoms with E-state index in [9.17, 15) is 0 Å². The van der Waals surface area contributed by atoms with Crippen LogP contribution in [0.3, 0.4) is 0 Å². The lowest BCUT2D eigenvalue weighted by molar-refractivity contribution is 0.415. The highest BCUT2D eigenvalue weighted by Crippen LogP contribution is 2.28. The van der Waals surface area contributed by atoms with Crippen LogP contribution >= 0.6 is 11.8 Å². The molecule has 1 atom stereocenters. The number of aromatic nitrogens is 1. The molecule has 2 N–H and O–H groups in total. The van der Waals surface area contributed by atoms with Crippen molar-refractivity contribution in [2.75, 3.05) is 12.8 Å². The number of nitrogens with two attached hydrogens (primary N) is 1. The molecule has 1 aromatic heterocycles. The molecular weight excluding hydrogens is 268 g/mol. The summed E-state index contributed by atoms with van der Waals surface area (Å²) in [5.74, 6) is 2.99. The first-order chi connectivity index (χ1) is 9.51. The predicted octanol–water partition coefficient (Wildman–Crippen LogP) is 4.10. The first-order valence-corrected chi connectivity index (χ1v) is 7.91. The van der Waals surface area contributed by atoms with Crippen LogP contribution in [0.25, 0.3) is 10.9 Å². The van der Waals surface area contributed by atoms with Gasteiger partial charge in [0.05, 0.1) is 12.6 Å². The number of fused-ring (bicyclic) bond motifs is 1. The van der Waals surface area contributed by atoms with Gasteiger partial charge in [0.1, 0.15) is 11.6 Å². The molecule has 3 nitrogen and oxygen atoms in total. The van der Waals surface area contributed by atoms with E-state index in [2.05, 4.69) is 31.8 Å². The topological polar surface area (TPSA) is 48.1 Å². The number of thioether (sulfide) groups is 1. The van der Waals surface area contributed by atoms with E-state index in [-0.39, 0.29) is 0 Å². The summed E-state index contributed by atoms with van der Waals surface area (Å²) in [6.45, 7) is 6.74. The van der Waals surface area contributed by atoms with E-state index in [1.165, 1.54) is 0 Å². The fourth-order valence-electron chi connectivity index (χ4n) is 1.86. The highest BCUT2D eigenvalue weighted by atomic mass is 32.2. The van der Waals surface area contributed by atoms with Gasteiger partial charge in [0.25, 0.3) is 0 Å². The molecule has 1 unspecified atom stereocenters. The molecule has 2 rings (SSSR count). The molecule has 1 aromatic carbocycles. The van der Waals surface area contributed by atoms with Crippen LogP contribution in [0.4, 0.5) is 5.82 Å². The molecule has 0 aliphatic rings. The molecule has 0 radical (unpaired) electrons. The monoisotopic (exact) mass is 290 g/mol. The minimum absolute atomic E-state index is 0.612. The van der Waals surface area contributed by atoms with Crippen molar-refractivity contribution in [2.45, 2.75) is 31.8 Å². The number of ether oxygens (including phenoxy) is 1. The zero-order chi connectivity index (χ0) is 14.7. The highest BCUT2D eigenvalue weighted by molar-refractivity contribution is 7.99. The molecule has 0 saturated heterocycles. The van der Waals surface area contributed by atoms with Crippen molar-refractivity contribution in [1.82, 2.24) is 4.98 Å². The number of hydrogen-bond donors (Lipinski definition) is 1. The summed E-state index contributed by atoms with van der Waals surface area (Å²) in [6, 6.07) is 8.03. The molecular formula is C16H22N2OS. The van der Waals surface area contributed by atoms with Gasteiger partial charge in [-0.15, -0.1) is 0 Å². The van der Waals surface area contributed by atoms with Crippen LogP contribution in [0.5, 0.6) is 5.75 Å². The largest absolute Gasteiger partial charge is 0.497 e. The van der Waals surface area contributed by atoms with Gasteiger partial charge in [-0.3, -0.25) is 0 Å². The average molecular weight is 290 g/mol. The minimum atomic E-state index is 0.612. The number of hydrogen-bond acceptors (Lipinski definition) is 4. The van der Waals surface area contributed by atoms with Crippen molar-refractivity contribution in [3.63, 3.8) is 0 Å². The Labute approximate surface area is 124 Å². The van der Waals surface area contributed by atoms with E-state index in [1.54, 1.807) is 7.11 Å². The molecule has 0 saturated carbocycles. The Hall–Kier alpha value is -1.42. The average Bonchev–Trinajstić information content (AvgIpc) is 2.43. The third-order valence-corrected chi connectivity index (χ3v) is 5.13. The lowest BCUT2D eigenvalue weighted by Crippen LogP contribution is -2.07. The first-order valence-electron chi connectivity index (χ1n) is 6.86. The van der Waals surface area contributed by atoms with Gasteiger partial charge in [0, 0.05) is 28.0 Å². The normalized spacial score (nSPS) is 12.8. The molecule has 108 valence electrons. The Morgan fingerprint density at radius 1 is 1.25 bits per heavy atom. The van der Waals surface area contributed by atoms with Crippen LogP contribution in [0.15, 0.2) is 24.3 Å². The molecule has 0 aliphatic heterocycles. The number of methoxy groups -OCH3 is 1. The van der Waals surface area contributed by atoms with Crippen molar-refractivity contribution < 1.29 is 4.74 Å². The van der Waals surface area contributed by atoms with Gasteiger partial charge in [-0.2, -0.15) is 11.8 Å². The van der Waals surface area contributed by atoms with Crippen molar-refractivity contribution in [1.29, 1.82) is 0 Å². The van der Waals surface area contributed by atoms with Crippen LogP contribution in [-0.4, -0.2) is 17.3 Å². The third-order valence-electron chi connectivity index (χ3n) is 3.58. The van der Waals surface area contributed by atoms with Crippen molar-refractivity contribution in [3.05, 3.63) is 29.8 Å². The van der Waals surface area contributed by atoms with E-state index in [0.717, 1.165) is 28.0 Å². The zero-order valence-corrected chi connectivity index (χ0v) is 13.3. The molecule has 0 spiro atoms. The molecule has 0 fully saturated rings. The number of pyridine rings is 1. The van der Waals surface area contributed by atoms with Crippen molar-refractivity contribution in [3.8, 4) is 5.75 Å². The van der Waals surface area contributed by atoms with Gasteiger partial charge in [-0.1, -0.05) is 20.8 Å². The van der Waals surface area contributed by atoms with Gasteiger partial charge in [0.15, 0.2) is 0 Å². The van der Waals surface area contributed by atoms with Crippen LogP contribution in [0.1, 0.15) is 26.3 Å². The fraction of sp³-hybridized carbons (Fsp3) is 0.438. The number of rotatable bonds is 5. The standard InChI is InChI=1S/C16H22N2OS/c1-10(2)11(3)20-9-13-7-12-5-6-14(19-4)8-15(12)18-16(13)17/h5-8,10-11H,9H2,1-4H3,(H2,17,18). The van der Waals surface area contributed by atoms with Crippen LogP contribution < -0.4 is 10.5 Å². The summed E-state index contributed by atoms with van der Waals surface area (Å²) in [6.07, 6.45) is 0. The Kier molecular flexibility index (Phi) is 4.76. The lowest BCUT2D eigenvalue weighted by Gasteiger charge is -2.15. The molecule has 2 aromatic rings. The molecule has 0 bridgehead atoms. The van der Waals surface area contributed by atoms with Gasteiger partial charge in [-0.05, 0) is 24.1 Å². The maximum absolute atomic E-state index is 6.08. The molecule has 0 amide bonds. The Bertz CT molecular complexity index is 598. The number of benzene rings is 1. The Balaban J connectivity index is 2.24. The summed E-state index contributed by atoms with van der Waals surface area (Å²) in [4.78, 5) is 4.49. The number of nitrogen functional groups attached to an aromatic ring is 1. The van der Waals surface area contributed by atoms with E-state index in [0.29, 0.717) is 17.0 Å². The van der Waals surface area contributed by atoms with E-state index >= 15 is 0 Å². The van der Waals surface area contributed by atoms with E-state index < -0.39 is 0 Å². The van der Waals surface area contributed by atoms with Crippen LogP contribution in [-0.2, 0) is 5.75 Å². The number of nitrogens with zero attached hydrogens (tertiary/aromatic N) is 1. The summed E-state index contributed by atoms with van der Waals surface area (Å²) in [5.41, 5.74) is 8.07. The van der Waals surface area contributed by atoms with Crippen LogP contribution in [0.2, 0.25) is 0 Å². The van der Waals surface area contributed by atoms with E-state index in [1.807, 2.05) is 30.0 Å². The van der Waals surface area contributed by atoms with Gasteiger partial charge < -0.3 is 10.5 Å². The smallest absolute Gasteiger partial charge is 0.128 e. The second-order valence-corrected chi connectivity index (χ2v) is 6.72. The van der Waals surface area contributed by atoms with Crippen LogP contribution in [0, 0.1) is 5.92 Å². The second-order valence-electron chi connectivity index (χ2n) is 5.35. The quantitative estimate of drug-likeness (QED) is 0.900. The summed E-state index contributed by atoms with van der Waals surface area (Å²) >= 11 is 1.92. The summed E-state index contributed by atoms with van der Waals surface area (Å²) in [7, 11) is 1.66. The minimum Gasteiger partial charge on any atom is -0.497 e. The molecule has 4 heteroatoms. The summed E-state index contributed by atoms with van der Waals surface area (Å²) < 4.78 is 5.21. The molecule has 1 heterocycles. The van der Waals surface area contributed by atoms with Gasteiger partial charge in [0.2, 0.25) is 0 Å².